The van der Waals surface area contributed by atoms with Crippen LogP contribution >= 0.6 is 0 Å². The molecule has 0 aromatic heterocycles. The molecule has 1 aliphatic heterocycles. The van der Waals surface area contributed by atoms with Gasteiger partial charge in [0, 0.05) is 19.4 Å². The molecule has 31 heavy (non-hydrogen) atoms. The Balaban J connectivity index is 1.88. The van der Waals surface area contributed by atoms with Crippen molar-refractivity contribution < 1.29 is 24.1 Å². The van der Waals surface area contributed by atoms with Crippen LogP contribution in [-0.4, -0.2) is 49.7 Å². The Bertz CT molecular complexity index is 457. The maximum absolute atomic E-state index is 12.5. The molecule has 6 heteroatoms. The summed E-state index contributed by atoms with van der Waals surface area (Å²) in [5, 5.41) is 0. The number of ether oxygens (including phenoxy) is 1. The zero-order valence-electron chi connectivity index (χ0n) is 20.2. The summed E-state index contributed by atoms with van der Waals surface area (Å²) in [6.07, 6.45) is 18.7. The van der Waals surface area contributed by atoms with E-state index >= 15 is 0 Å². The Kier molecular flexibility index (Phi) is 17.6. The molecule has 0 saturated carbocycles. The van der Waals surface area contributed by atoms with Gasteiger partial charge in [0.2, 0.25) is 5.91 Å². The second kappa shape index (κ2) is 19.5. The average molecular weight is 442 g/mol. The third-order valence-corrected chi connectivity index (χ3v) is 6.08. The lowest BCUT2D eigenvalue weighted by Crippen LogP contribution is -2.38. The van der Waals surface area contributed by atoms with Crippen LogP contribution in [-0.2, 0) is 24.1 Å². The van der Waals surface area contributed by atoms with Gasteiger partial charge in [-0.2, -0.15) is 0 Å². The third-order valence-electron chi connectivity index (χ3n) is 6.08. The molecule has 1 heterocycles. The highest BCUT2D eigenvalue weighted by molar-refractivity contribution is 5.76. The molecule has 6 nitrogen and oxygen atoms in total. The zero-order chi connectivity index (χ0) is 22.6. The fourth-order valence-corrected chi connectivity index (χ4v) is 4.17. The Morgan fingerprint density at radius 2 is 1.35 bits per heavy atom. The summed E-state index contributed by atoms with van der Waals surface area (Å²) in [6, 6.07) is 0.192. The van der Waals surface area contributed by atoms with Crippen molar-refractivity contribution in [3.63, 3.8) is 0 Å². The highest BCUT2D eigenvalue weighted by Gasteiger charge is 2.28. The van der Waals surface area contributed by atoms with Crippen LogP contribution in [0.15, 0.2) is 0 Å². The molecule has 0 aromatic rings. The van der Waals surface area contributed by atoms with Crippen molar-refractivity contribution in [1.29, 1.82) is 0 Å². The number of nitrogens with zero attached hydrogens (tertiary/aromatic N) is 1. The van der Waals surface area contributed by atoms with Crippen LogP contribution in [0.1, 0.15) is 116 Å². The Morgan fingerprint density at radius 1 is 0.806 bits per heavy atom. The van der Waals surface area contributed by atoms with E-state index in [1.807, 2.05) is 4.90 Å². The smallest absolute Gasteiger partial charge is 0.305 e. The van der Waals surface area contributed by atoms with Gasteiger partial charge in [-0.3, -0.25) is 9.59 Å². The summed E-state index contributed by atoms with van der Waals surface area (Å²) in [4.78, 5) is 35.9. The summed E-state index contributed by atoms with van der Waals surface area (Å²) in [6.45, 7) is 4.03. The molecule has 1 unspecified atom stereocenters. The van der Waals surface area contributed by atoms with Gasteiger partial charge < -0.3 is 9.64 Å². The van der Waals surface area contributed by atoms with E-state index in [0.717, 1.165) is 51.5 Å². The summed E-state index contributed by atoms with van der Waals surface area (Å²) in [7, 11) is 1.45. The lowest BCUT2D eigenvalue weighted by Gasteiger charge is -2.24. The molecule has 0 radical (unpaired) electrons. The van der Waals surface area contributed by atoms with Gasteiger partial charge in [0.05, 0.1) is 19.8 Å². The van der Waals surface area contributed by atoms with Gasteiger partial charge in [0.1, 0.15) is 6.61 Å². The predicted molar refractivity (Wildman–Crippen MR) is 124 cm³/mol. The van der Waals surface area contributed by atoms with Crippen LogP contribution in [0, 0.1) is 0 Å². The van der Waals surface area contributed by atoms with E-state index in [4.69, 9.17) is 9.78 Å². The van der Waals surface area contributed by atoms with Crippen LogP contribution in [0.3, 0.4) is 0 Å². The second-order valence-electron chi connectivity index (χ2n) is 8.81. The molecular formula is C25H47NO5. The van der Waals surface area contributed by atoms with Crippen molar-refractivity contribution in [3.8, 4) is 0 Å². The van der Waals surface area contributed by atoms with Crippen LogP contribution < -0.4 is 0 Å². The molecule has 1 fully saturated rings. The van der Waals surface area contributed by atoms with Crippen molar-refractivity contribution in [2.45, 2.75) is 122 Å². The topological polar surface area (TPSA) is 65.1 Å². The number of methoxy groups -OCH3 is 1. The van der Waals surface area contributed by atoms with Gasteiger partial charge in [0.25, 0.3) is 0 Å². The number of hydrogen-bond donors (Lipinski definition) is 0. The van der Waals surface area contributed by atoms with Crippen molar-refractivity contribution in [2.24, 2.45) is 0 Å². The molecular weight excluding hydrogens is 394 g/mol. The van der Waals surface area contributed by atoms with Crippen LogP contribution in [0.25, 0.3) is 0 Å². The van der Waals surface area contributed by atoms with Gasteiger partial charge in [-0.05, 0) is 32.1 Å². The Morgan fingerprint density at radius 3 is 1.90 bits per heavy atom. The normalized spacial score (nSPS) is 16.1. The number of esters is 1. The van der Waals surface area contributed by atoms with Gasteiger partial charge in [0.15, 0.2) is 0 Å². The van der Waals surface area contributed by atoms with Gasteiger partial charge in [-0.1, -0.05) is 71.1 Å². The predicted octanol–water partition coefficient (Wildman–Crippen LogP) is 5.97. The van der Waals surface area contributed by atoms with Crippen molar-refractivity contribution in [2.75, 3.05) is 26.9 Å². The van der Waals surface area contributed by atoms with Crippen molar-refractivity contribution in [3.05, 3.63) is 0 Å². The van der Waals surface area contributed by atoms with Crippen molar-refractivity contribution in [1.82, 2.24) is 4.90 Å². The number of unbranched alkanes of at least 4 members (excludes halogenated alkanes) is 11. The van der Waals surface area contributed by atoms with E-state index in [9.17, 15) is 9.59 Å². The highest BCUT2D eigenvalue weighted by atomic mass is 17.2. The number of rotatable bonds is 20. The largest absolute Gasteiger partial charge is 0.469 e. The summed E-state index contributed by atoms with van der Waals surface area (Å²) >= 11 is 0. The second-order valence-corrected chi connectivity index (χ2v) is 8.81. The van der Waals surface area contributed by atoms with Crippen LogP contribution in [0.5, 0.6) is 0 Å². The number of carbonyl (C=O) groups excluding carboxylic acids is 2. The first-order valence-corrected chi connectivity index (χ1v) is 12.8. The van der Waals surface area contributed by atoms with E-state index in [1.54, 1.807) is 0 Å². The zero-order valence-corrected chi connectivity index (χ0v) is 20.2. The number of hydrogen-bond acceptors (Lipinski definition) is 5. The average Bonchev–Trinajstić information content (AvgIpc) is 3.25. The van der Waals surface area contributed by atoms with E-state index < -0.39 is 0 Å². The first-order chi connectivity index (χ1) is 15.2. The number of amides is 1. The quantitative estimate of drug-likeness (QED) is 0.101. The maximum atomic E-state index is 12.5. The first kappa shape index (κ1) is 27.9. The molecule has 182 valence electrons. The van der Waals surface area contributed by atoms with E-state index in [2.05, 4.69) is 11.7 Å². The van der Waals surface area contributed by atoms with E-state index in [1.165, 1.54) is 58.5 Å². The molecule has 0 aliphatic carbocycles. The van der Waals surface area contributed by atoms with E-state index in [0.29, 0.717) is 26.1 Å². The molecule has 0 bridgehead atoms. The van der Waals surface area contributed by atoms with Crippen molar-refractivity contribution >= 4 is 11.9 Å². The van der Waals surface area contributed by atoms with Crippen LogP contribution in [0.4, 0.5) is 0 Å². The summed E-state index contributed by atoms with van der Waals surface area (Å²) in [5.74, 6) is 0.195. The van der Waals surface area contributed by atoms with Gasteiger partial charge in [-0.15, -0.1) is 0 Å². The molecule has 1 rings (SSSR count). The number of likely N-dealkylation sites (tertiary alicyclic amines) is 1. The van der Waals surface area contributed by atoms with Gasteiger partial charge in [-0.25, -0.2) is 9.78 Å². The van der Waals surface area contributed by atoms with Gasteiger partial charge >= 0.3 is 5.97 Å². The fourth-order valence-electron chi connectivity index (χ4n) is 4.17. The minimum Gasteiger partial charge on any atom is -0.469 e. The first-order valence-electron chi connectivity index (χ1n) is 12.8. The standard InChI is InChI=1S/C25H47NO5/c1-3-21-30-31-22-23-17-16-20-26(23)24(27)18-14-12-10-8-6-4-5-7-9-11-13-15-19-25(28)29-2/h23H,3-22H2,1-2H3. The molecule has 0 aromatic carbocycles. The monoisotopic (exact) mass is 441 g/mol. The molecule has 1 aliphatic rings. The molecule has 1 atom stereocenters. The Labute approximate surface area is 190 Å². The van der Waals surface area contributed by atoms with Crippen LogP contribution in [0.2, 0.25) is 0 Å². The summed E-state index contributed by atoms with van der Waals surface area (Å²) < 4.78 is 4.65. The van der Waals surface area contributed by atoms with E-state index in [-0.39, 0.29) is 17.9 Å². The molecule has 1 saturated heterocycles. The highest BCUT2D eigenvalue weighted by Crippen LogP contribution is 2.20. The molecule has 1 amide bonds. The SMILES string of the molecule is CCCOOCC1CCCN1C(=O)CCCCCCCCCCCCCCC(=O)OC. The third kappa shape index (κ3) is 14.5. The lowest BCUT2D eigenvalue weighted by atomic mass is 10.0. The lowest BCUT2D eigenvalue weighted by molar-refractivity contribution is -0.299. The molecule has 0 spiro atoms. The minimum atomic E-state index is -0.0906. The minimum absolute atomic E-state index is 0.0906. The maximum Gasteiger partial charge on any atom is 0.305 e. The summed E-state index contributed by atoms with van der Waals surface area (Å²) in [5.41, 5.74) is 0. The fraction of sp³-hybridized carbons (Fsp3) is 0.920. The number of carbonyl (C=O) groups is 2. The Hall–Kier alpha value is -1.14. The molecule has 0 N–H and O–H groups in total.